The summed E-state index contributed by atoms with van der Waals surface area (Å²) in [7, 11) is 0. The normalized spacial score (nSPS) is 16.4. The van der Waals surface area contributed by atoms with Gasteiger partial charge in [-0.25, -0.2) is 0 Å². The molecule has 1 amide bonds. The third kappa shape index (κ3) is 4.80. The van der Waals surface area contributed by atoms with Crippen molar-refractivity contribution >= 4 is 28.8 Å². The number of amides is 1. The molecule has 5 heteroatoms. The van der Waals surface area contributed by atoms with Gasteiger partial charge in [0.05, 0.1) is 0 Å². The quantitative estimate of drug-likeness (QED) is 0.884. The molecule has 1 saturated heterocycles. The molecule has 1 aromatic heterocycles. The summed E-state index contributed by atoms with van der Waals surface area (Å²) in [5.74, 6) is 0.532. The number of carbonyl (C=O) groups is 1. The Kier molecular flexibility index (Phi) is 5.70. The van der Waals surface area contributed by atoms with Crippen LogP contribution in [0, 0.1) is 5.92 Å². The number of halogens is 1. The van der Waals surface area contributed by atoms with Crippen molar-refractivity contribution in [1.29, 1.82) is 0 Å². The third-order valence-electron chi connectivity index (χ3n) is 4.33. The predicted octanol–water partition coefficient (Wildman–Crippen LogP) is 4.04. The van der Waals surface area contributed by atoms with Gasteiger partial charge in [-0.1, -0.05) is 17.7 Å². The van der Waals surface area contributed by atoms with Crippen molar-refractivity contribution in [3.8, 4) is 0 Å². The summed E-state index contributed by atoms with van der Waals surface area (Å²) < 4.78 is 0. The SMILES string of the molecule is O=C(NCC1CCN(Cc2ccsc2)CC1)c1cccc(Cl)c1. The topological polar surface area (TPSA) is 32.3 Å². The van der Waals surface area contributed by atoms with Crippen molar-refractivity contribution in [3.63, 3.8) is 0 Å². The molecule has 2 aromatic rings. The van der Waals surface area contributed by atoms with E-state index in [0.717, 1.165) is 39.0 Å². The molecule has 0 aliphatic carbocycles. The zero-order valence-electron chi connectivity index (χ0n) is 13.0. The second kappa shape index (κ2) is 7.95. The molecule has 1 aliphatic rings. The van der Waals surface area contributed by atoms with Gasteiger partial charge < -0.3 is 5.32 Å². The highest BCUT2D eigenvalue weighted by Gasteiger charge is 2.20. The van der Waals surface area contributed by atoms with Crippen LogP contribution in [0.5, 0.6) is 0 Å². The Morgan fingerprint density at radius 3 is 2.83 bits per heavy atom. The summed E-state index contributed by atoms with van der Waals surface area (Å²) in [6.45, 7) is 4.00. The van der Waals surface area contributed by atoms with Crippen molar-refractivity contribution in [3.05, 3.63) is 57.2 Å². The molecule has 3 nitrogen and oxygen atoms in total. The smallest absolute Gasteiger partial charge is 0.251 e. The lowest BCUT2D eigenvalue weighted by Gasteiger charge is -2.31. The Hall–Kier alpha value is -1.36. The zero-order valence-corrected chi connectivity index (χ0v) is 14.6. The molecule has 0 unspecified atom stereocenters. The maximum absolute atomic E-state index is 12.1. The van der Waals surface area contributed by atoms with E-state index in [0.29, 0.717) is 16.5 Å². The third-order valence-corrected chi connectivity index (χ3v) is 5.30. The van der Waals surface area contributed by atoms with Crippen molar-refractivity contribution in [2.24, 2.45) is 5.92 Å². The van der Waals surface area contributed by atoms with Crippen LogP contribution in [0.15, 0.2) is 41.1 Å². The van der Waals surface area contributed by atoms with Crippen LogP contribution in [-0.4, -0.2) is 30.4 Å². The molecule has 1 fully saturated rings. The molecule has 0 saturated carbocycles. The predicted molar refractivity (Wildman–Crippen MR) is 96.1 cm³/mol. The lowest BCUT2D eigenvalue weighted by Crippen LogP contribution is -2.38. The summed E-state index contributed by atoms with van der Waals surface area (Å²) in [6, 6.07) is 9.29. The fraction of sp³-hybridized carbons (Fsp3) is 0.389. The first kappa shape index (κ1) is 16.5. The second-order valence-electron chi connectivity index (χ2n) is 6.07. The Labute approximate surface area is 146 Å². The molecule has 0 atom stereocenters. The van der Waals surface area contributed by atoms with Gasteiger partial charge in [0.1, 0.15) is 0 Å². The highest BCUT2D eigenvalue weighted by Crippen LogP contribution is 2.19. The molecule has 2 heterocycles. The van der Waals surface area contributed by atoms with E-state index in [2.05, 4.69) is 27.0 Å². The van der Waals surface area contributed by atoms with Crippen molar-refractivity contribution < 1.29 is 4.79 Å². The zero-order chi connectivity index (χ0) is 16.1. The number of hydrogen-bond donors (Lipinski definition) is 1. The molecular weight excluding hydrogens is 328 g/mol. The molecule has 122 valence electrons. The standard InChI is InChI=1S/C18H21ClN2OS/c19-17-3-1-2-16(10-17)18(22)20-11-14-4-7-21(8-5-14)12-15-6-9-23-13-15/h1-3,6,9-10,13-14H,4-5,7-8,11-12H2,(H,20,22). The fourth-order valence-electron chi connectivity index (χ4n) is 2.96. The Balaban J connectivity index is 1.41. The number of piperidine rings is 1. The number of rotatable bonds is 5. The lowest BCUT2D eigenvalue weighted by molar-refractivity contribution is 0.0935. The van der Waals surface area contributed by atoms with Crippen LogP contribution in [0.1, 0.15) is 28.8 Å². The van der Waals surface area contributed by atoms with Gasteiger partial charge in [0.15, 0.2) is 0 Å². The molecular formula is C18H21ClN2OS. The van der Waals surface area contributed by atoms with Crippen LogP contribution >= 0.6 is 22.9 Å². The minimum Gasteiger partial charge on any atom is -0.352 e. The van der Waals surface area contributed by atoms with Crippen LogP contribution in [0.4, 0.5) is 0 Å². The summed E-state index contributed by atoms with van der Waals surface area (Å²) in [5, 5.41) is 7.99. The molecule has 0 radical (unpaired) electrons. The Morgan fingerprint density at radius 1 is 1.30 bits per heavy atom. The highest BCUT2D eigenvalue weighted by atomic mass is 35.5. The van der Waals surface area contributed by atoms with E-state index < -0.39 is 0 Å². The minimum atomic E-state index is -0.0341. The van der Waals surface area contributed by atoms with Gasteiger partial charge in [-0.2, -0.15) is 11.3 Å². The molecule has 1 N–H and O–H groups in total. The first-order valence-corrected chi connectivity index (χ1v) is 9.30. The summed E-state index contributed by atoms with van der Waals surface area (Å²) in [5.41, 5.74) is 2.04. The molecule has 23 heavy (non-hydrogen) atoms. The average molecular weight is 349 g/mol. The number of thiophene rings is 1. The van der Waals surface area contributed by atoms with Crippen molar-refractivity contribution in [2.45, 2.75) is 19.4 Å². The average Bonchev–Trinajstić information content (AvgIpc) is 3.07. The van der Waals surface area contributed by atoms with E-state index in [9.17, 15) is 4.79 Å². The molecule has 0 spiro atoms. The maximum Gasteiger partial charge on any atom is 0.251 e. The second-order valence-corrected chi connectivity index (χ2v) is 7.29. The van der Waals surface area contributed by atoms with Gasteiger partial charge in [0.2, 0.25) is 0 Å². The first-order chi connectivity index (χ1) is 11.2. The first-order valence-electron chi connectivity index (χ1n) is 7.98. The van der Waals surface area contributed by atoms with Gasteiger partial charge in [-0.3, -0.25) is 9.69 Å². The van der Waals surface area contributed by atoms with Crippen LogP contribution in [0.25, 0.3) is 0 Å². The largest absolute Gasteiger partial charge is 0.352 e. The van der Waals surface area contributed by atoms with Crippen molar-refractivity contribution in [1.82, 2.24) is 10.2 Å². The van der Waals surface area contributed by atoms with Gasteiger partial charge in [-0.05, 0) is 72.4 Å². The van der Waals surface area contributed by atoms with Crippen molar-refractivity contribution in [2.75, 3.05) is 19.6 Å². The van der Waals surface area contributed by atoms with Crippen LogP contribution in [0.2, 0.25) is 5.02 Å². The summed E-state index contributed by atoms with van der Waals surface area (Å²) in [6.07, 6.45) is 2.28. The van der Waals surface area contributed by atoms with Gasteiger partial charge in [-0.15, -0.1) is 0 Å². The van der Waals surface area contributed by atoms with Crippen LogP contribution < -0.4 is 5.32 Å². The van der Waals surface area contributed by atoms with E-state index in [1.165, 1.54) is 5.56 Å². The van der Waals surface area contributed by atoms with E-state index in [1.807, 2.05) is 0 Å². The fourth-order valence-corrected chi connectivity index (χ4v) is 3.81. The molecule has 3 rings (SSSR count). The van der Waals surface area contributed by atoms with E-state index in [-0.39, 0.29) is 5.91 Å². The van der Waals surface area contributed by atoms with Gasteiger partial charge in [0.25, 0.3) is 5.91 Å². The highest BCUT2D eigenvalue weighted by molar-refractivity contribution is 7.07. The van der Waals surface area contributed by atoms with E-state index in [1.54, 1.807) is 35.6 Å². The number of nitrogens with one attached hydrogen (secondary N) is 1. The summed E-state index contributed by atoms with van der Waals surface area (Å²) in [4.78, 5) is 14.6. The molecule has 0 bridgehead atoms. The minimum absolute atomic E-state index is 0.0341. The Morgan fingerprint density at radius 2 is 2.13 bits per heavy atom. The summed E-state index contributed by atoms with van der Waals surface area (Å²) >= 11 is 7.68. The Bertz CT molecular complexity index is 636. The van der Waals surface area contributed by atoms with E-state index >= 15 is 0 Å². The van der Waals surface area contributed by atoms with Gasteiger partial charge in [0, 0.05) is 23.7 Å². The molecule has 1 aliphatic heterocycles. The maximum atomic E-state index is 12.1. The monoisotopic (exact) mass is 348 g/mol. The number of benzene rings is 1. The number of likely N-dealkylation sites (tertiary alicyclic amines) is 1. The van der Waals surface area contributed by atoms with Crippen LogP contribution in [0.3, 0.4) is 0 Å². The lowest BCUT2D eigenvalue weighted by atomic mass is 9.96. The molecule has 1 aromatic carbocycles. The van der Waals surface area contributed by atoms with Crippen LogP contribution in [-0.2, 0) is 6.54 Å². The number of carbonyl (C=O) groups excluding carboxylic acids is 1. The van der Waals surface area contributed by atoms with E-state index in [4.69, 9.17) is 11.6 Å². The van der Waals surface area contributed by atoms with Gasteiger partial charge >= 0.3 is 0 Å². The number of hydrogen-bond acceptors (Lipinski definition) is 3. The number of nitrogens with zero attached hydrogens (tertiary/aromatic N) is 1.